The third-order valence-corrected chi connectivity index (χ3v) is 1.88. The molecule has 0 atom stereocenters. The Hall–Kier alpha value is -1.03. The molecule has 0 aliphatic rings. The number of oxime groups is 1. The van der Waals surface area contributed by atoms with Crippen molar-refractivity contribution < 1.29 is 9.94 Å². The topological polar surface area (TPSA) is 41.8 Å². The molecular weight excluding hydrogens is 234 g/mol. The predicted molar refractivity (Wildman–Crippen MR) is 55.0 cm³/mol. The van der Waals surface area contributed by atoms with Gasteiger partial charge in [0, 0.05) is 10.0 Å². The van der Waals surface area contributed by atoms with Crippen LogP contribution in [0.2, 0.25) is 0 Å². The van der Waals surface area contributed by atoms with E-state index in [1.165, 1.54) is 6.21 Å². The molecule has 0 amide bonds. The number of nitrogens with zero attached hydrogens (tertiary/aromatic N) is 1. The summed E-state index contributed by atoms with van der Waals surface area (Å²) in [6.07, 6.45) is 1.48. The molecule has 0 unspecified atom stereocenters. The van der Waals surface area contributed by atoms with Gasteiger partial charge in [-0.25, -0.2) is 0 Å². The first kappa shape index (κ1) is 10.1. The summed E-state index contributed by atoms with van der Waals surface area (Å²) in [5, 5.41) is 13.0. The van der Waals surface area contributed by atoms with Gasteiger partial charge in [-0.1, -0.05) is 21.1 Å². The molecule has 0 saturated carbocycles. The zero-order valence-corrected chi connectivity index (χ0v) is 8.78. The third kappa shape index (κ3) is 3.06. The molecule has 0 aliphatic heterocycles. The molecule has 1 aromatic rings. The van der Waals surface area contributed by atoms with E-state index in [-0.39, 0.29) is 5.75 Å². The highest BCUT2D eigenvalue weighted by Gasteiger charge is 1.97. The predicted octanol–water partition coefficient (Wildman–Crippen LogP) is 2.53. The Morgan fingerprint density at radius 3 is 3.08 bits per heavy atom. The first-order valence-electron chi connectivity index (χ1n) is 3.88. The summed E-state index contributed by atoms with van der Waals surface area (Å²) >= 11 is 3.29. The van der Waals surface area contributed by atoms with Crippen LogP contribution in [0.3, 0.4) is 0 Å². The van der Waals surface area contributed by atoms with Crippen LogP contribution in [0.1, 0.15) is 12.5 Å². The lowest BCUT2D eigenvalue weighted by molar-refractivity contribution is 0.160. The van der Waals surface area contributed by atoms with E-state index in [2.05, 4.69) is 21.1 Å². The number of halogens is 1. The summed E-state index contributed by atoms with van der Waals surface area (Å²) in [7, 11) is 0. The van der Waals surface area contributed by atoms with E-state index < -0.39 is 0 Å². The van der Waals surface area contributed by atoms with Crippen LogP contribution in [0, 0.1) is 0 Å². The first-order valence-corrected chi connectivity index (χ1v) is 4.67. The van der Waals surface area contributed by atoms with Crippen LogP contribution < -0.4 is 0 Å². The monoisotopic (exact) mass is 243 g/mol. The van der Waals surface area contributed by atoms with Crippen LogP contribution in [0.5, 0.6) is 5.75 Å². The zero-order chi connectivity index (χ0) is 9.68. The second-order valence-electron chi connectivity index (χ2n) is 2.36. The van der Waals surface area contributed by atoms with Crippen LogP contribution in [0.25, 0.3) is 0 Å². The SMILES string of the molecule is CCON=Cc1cc(Br)ccc1O. The Kier molecular flexibility index (Phi) is 3.76. The molecule has 0 aliphatic carbocycles. The lowest BCUT2D eigenvalue weighted by atomic mass is 10.2. The Morgan fingerprint density at radius 2 is 2.38 bits per heavy atom. The lowest BCUT2D eigenvalue weighted by Crippen LogP contribution is -1.85. The van der Waals surface area contributed by atoms with Crippen molar-refractivity contribution >= 4 is 22.1 Å². The van der Waals surface area contributed by atoms with E-state index in [1.807, 2.05) is 6.92 Å². The van der Waals surface area contributed by atoms with Crippen LogP contribution in [-0.4, -0.2) is 17.9 Å². The average molecular weight is 244 g/mol. The van der Waals surface area contributed by atoms with Crippen LogP contribution in [0.15, 0.2) is 27.8 Å². The van der Waals surface area contributed by atoms with E-state index in [0.717, 1.165) is 4.47 Å². The smallest absolute Gasteiger partial charge is 0.124 e. The van der Waals surface area contributed by atoms with Crippen molar-refractivity contribution in [1.29, 1.82) is 0 Å². The van der Waals surface area contributed by atoms with Gasteiger partial charge in [-0.3, -0.25) is 0 Å². The van der Waals surface area contributed by atoms with Gasteiger partial charge in [0.15, 0.2) is 0 Å². The number of aromatic hydroxyl groups is 1. The van der Waals surface area contributed by atoms with Crippen molar-refractivity contribution in [2.75, 3.05) is 6.61 Å². The number of hydrogen-bond donors (Lipinski definition) is 1. The minimum Gasteiger partial charge on any atom is -0.507 e. The van der Waals surface area contributed by atoms with Gasteiger partial charge in [0.25, 0.3) is 0 Å². The third-order valence-electron chi connectivity index (χ3n) is 1.39. The normalized spacial score (nSPS) is 10.6. The number of phenolic OH excluding ortho intramolecular Hbond substituents is 1. The Morgan fingerprint density at radius 1 is 1.62 bits per heavy atom. The Balaban J connectivity index is 2.81. The minimum absolute atomic E-state index is 0.187. The molecule has 70 valence electrons. The van der Waals surface area contributed by atoms with Gasteiger partial charge in [0.1, 0.15) is 12.4 Å². The molecule has 0 spiro atoms. The minimum atomic E-state index is 0.187. The van der Waals surface area contributed by atoms with Crippen molar-refractivity contribution in [3.05, 3.63) is 28.2 Å². The molecule has 4 heteroatoms. The highest BCUT2D eigenvalue weighted by atomic mass is 79.9. The maximum atomic E-state index is 9.37. The summed E-state index contributed by atoms with van der Waals surface area (Å²) in [5.74, 6) is 0.187. The molecule has 13 heavy (non-hydrogen) atoms. The molecular formula is C9H10BrNO2. The van der Waals surface area contributed by atoms with Gasteiger partial charge in [0.05, 0.1) is 6.21 Å². The summed E-state index contributed by atoms with van der Waals surface area (Å²) in [6.45, 7) is 2.36. The summed E-state index contributed by atoms with van der Waals surface area (Å²) in [6, 6.07) is 5.11. The van der Waals surface area contributed by atoms with E-state index in [1.54, 1.807) is 18.2 Å². The van der Waals surface area contributed by atoms with Crippen molar-refractivity contribution in [2.24, 2.45) is 5.16 Å². The van der Waals surface area contributed by atoms with E-state index >= 15 is 0 Å². The fraction of sp³-hybridized carbons (Fsp3) is 0.222. The summed E-state index contributed by atoms with van der Waals surface area (Å²) in [5.41, 5.74) is 0.628. The Bertz CT molecular complexity index is 312. The highest BCUT2D eigenvalue weighted by molar-refractivity contribution is 9.10. The zero-order valence-electron chi connectivity index (χ0n) is 7.20. The van der Waals surface area contributed by atoms with Crippen molar-refractivity contribution in [3.8, 4) is 5.75 Å². The standard InChI is InChI=1S/C9H10BrNO2/c1-2-13-11-6-7-5-8(10)3-4-9(7)12/h3-6,12H,2H2,1H3. The lowest BCUT2D eigenvalue weighted by Gasteiger charge is -1.98. The number of benzene rings is 1. The second kappa shape index (κ2) is 4.87. The largest absolute Gasteiger partial charge is 0.507 e. The molecule has 0 saturated heterocycles. The number of hydrogen-bond acceptors (Lipinski definition) is 3. The summed E-state index contributed by atoms with van der Waals surface area (Å²) in [4.78, 5) is 4.78. The van der Waals surface area contributed by atoms with E-state index in [0.29, 0.717) is 12.2 Å². The maximum absolute atomic E-state index is 9.37. The molecule has 0 radical (unpaired) electrons. The molecule has 1 N–H and O–H groups in total. The van der Waals surface area contributed by atoms with Crippen LogP contribution in [-0.2, 0) is 4.84 Å². The van der Waals surface area contributed by atoms with Gasteiger partial charge in [-0.2, -0.15) is 0 Å². The molecule has 3 nitrogen and oxygen atoms in total. The second-order valence-corrected chi connectivity index (χ2v) is 3.27. The quantitative estimate of drug-likeness (QED) is 0.655. The van der Waals surface area contributed by atoms with Gasteiger partial charge < -0.3 is 9.94 Å². The van der Waals surface area contributed by atoms with Crippen molar-refractivity contribution in [2.45, 2.75) is 6.92 Å². The molecule has 1 aromatic carbocycles. The summed E-state index contributed by atoms with van der Waals surface area (Å²) < 4.78 is 0.892. The maximum Gasteiger partial charge on any atom is 0.124 e. The molecule has 0 bridgehead atoms. The molecule has 0 heterocycles. The fourth-order valence-electron chi connectivity index (χ4n) is 0.797. The first-order chi connectivity index (χ1) is 6.24. The van der Waals surface area contributed by atoms with Crippen LogP contribution >= 0.6 is 15.9 Å². The Labute approximate surface area is 85.2 Å². The molecule has 0 fully saturated rings. The van der Waals surface area contributed by atoms with Crippen LogP contribution in [0.4, 0.5) is 0 Å². The highest BCUT2D eigenvalue weighted by Crippen LogP contribution is 2.19. The molecule has 0 aromatic heterocycles. The molecule has 1 rings (SSSR count). The van der Waals surface area contributed by atoms with Gasteiger partial charge >= 0.3 is 0 Å². The van der Waals surface area contributed by atoms with Gasteiger partial charge in [-0.05, 0) is 25.1 Å². The van der Waals surface area contributed by atoms with Gasteiger partial charge in [-0.15, -0.1) is 0 Å². The van der Waals surface area contributed by atoms with E-state index in [9.17, 15) is 5.11 Å². The van der Waals surface area contributed by atoms with Gasteiger partial charge in [0.2, 0.25) is 0 Å². The number of phenols is 1. The van der Waals surface area contributed by atoms with Crippen molar-refractivity contribution in [1.82, 2.24) is 0 Å². The fourth-order valence-corrected chi connectivity index (χ4v) is 1.18. The van der Waals surface area contributed by atoms with E-state index in [4.69, 9.17) is 4.84 Å². The number of rotatable bonds is 3. The average Bonchev–Trinajstić information content (AvgIpc) is 2.11. The van der Waals surface area contributed by atoms with Crippen molar-refractivity contribution in [3.63, 3.8) is 0 Å².